The maximum atomic E-state index is 8.08. The van der Waals surface area contributed by atoms with E-state index in [0.29, 0.717) is 0 Å². The maximum absolute atomic E-state index is 8.08. The van der Waals surface area contributed by atoms with Gasteiger partial charge in [-0.1, -0.05) is 41.6 Å². The molecule has 0 aliphatic heterocycles. The van der Waals surface area contributed by atoms with E-state index < -0.39 is 0 Å². The number of benzene rings is 1. The van der Waals surface area contributed by atoms with Crippen LogP contribution in [0.1, 0.15) is 5.56 Å². The number of allylic oxidation sites excluding steroid dienone is 2. The third-order valence-corrected chi connectivity index (χ3v) is 1.49. The Balaban J connectivity index is 2.43. The molecule has 0 aromatic heterocycles. The minimum absolute atomic E-state index is 0.868. The molecule has 0 unspecified atom stereocenters. The third kappa shape index (κ3) is 3.01. The Kier molecular flexibility index (Phi) is 3.64. The van der Waals surface area contributed by atoms with Crippen molar-refractivity contribution >= 4 is 6.21 Å². The van der Waals surface area contributed by atoms with E-state index in [1.165, 1.54) is 11.8 Å². The quantitative estimate of drug-likeness (QED) is 0.411. The molecule has 0 bridgehead atoms. The van der Waals surface area contributed by atoms with E-state index in [9.17, 15) is 0 Å². The number of hydrogen-bond donors (Lipinski definition) is 1. The fraction of sp³-hybridized carbons (Fsp3) is 0.100. The van der Waals surface area contributed by atoms with Crippen LogP contribution in [0.4, 0.5) is 0 Å². The second-order valence-electron chi connectivity index (χ2n) is 2.38. The Labute approximate surface area is 71.8 Å². The predicted octanol–water partition coefficient (Wildman–Crippen LogP) is 2.25. The van der Waals surface area contributed by atoms with Gasteiger partial charge < -0.3 is 5.21 Å². The van der Waals surface area contributed by atoms with Gasteiger partial charge in [-0.3, -0.25) is 0 Å². The highest BCUT2D eigenvalue weighted by atomic mass is 16.4. The average Bonchev–Trinajstić information content (AvgIpc) is 2.14. The molecule has 1 rings (SSSR count). The van der Waals surface area contributed by atoms with Crippen LogP contribution in [0.2, 0.25) is 0 Å². The molecule has 0 saturated heterocycles. The van der Waals surface area contributed by atoms with E-state index in [1.54, 1.807) is 6.08 Å². The van der Waals surface area contributed by atoms with Gasteiger partial charge in [0.05, 0.1) is 6.21 Å². The molecule has 0 heterocycles. The molecule has 0 saturated carbocycles. The molecule has 0 atom stereocenters. The van der Waals surface area contributed by atoms with Crippen molar-refractivity contribution in [3.63, 3.8) is 0 Å². The van der Waals surface area contributed by atoms with Gasteiger partial charge in [0.15, 0.2) is 0 Å². The molecule has 12 heavy (non-hydrogen) atoms. The van der Waals surface area contributed by atoms with Crippen molar-refractivity contribution in [2.75, 3.05) is 0 Å². The number of oxime groups is 1. The lowest BCUT2D eigenvalue weighted by molar-refractivity contribution is 0.322. The van der Waals surface area contributed by atoms with E-state index in [-0.39, 0.29) is 0 Å². The molecule has 0 radical (unpaired) electrons. The van der Waals surface area contributed by atoms with Gasteiger partial charge >= 0.3 is 0 Å². The van der Waals surface area contributed by atoms with Crippen LogP contribution in [0, 0.1) is 0 Å². The zero-order chi connectivity index (χ0) is 8.65. The van der Waals surface area contributed by atoms with Crippen molar-refractivity contribution in [1.82, 2.24) is 0 Å². The molecule has 1 aromatic rings. The SMILES string of the molecule is ON=CC=CCc1ccccc1. The number of rotatable bonds is 3. The molecule has 0 aliphatic carbocycles. The van der Waals surface area contributed by atoms with Gasteiger partial charge in [0.1, 0.15) is 0 Å². The topological polar surface area (TPSA) is 32.6 Å². The summed E-state index contributed by atoms with van der Waals surface area (Å²) in [6.45, 7) is 0. The van der Waals surface area contributed by atoms with Crippen molar-refractivity contribution in [1.29, 1.82) is 0 Å². The first-order valence-corrected chi connectivity index (χ1v) is 3.80. The Bertz CT molecular complexity index is 264. The maximum Gasteiger partial charge on any atom is 0.0658 e. The van der Waals surface area contributed by atoms with E-state index in [2.05, 4.69) is 17.3 Å². The molecule has 0 fully saturated rings. The van der Waals surface area contributed by atoms with Crippen LogP contribution in [0.5, 0.6) is 0 Å². The Morgan fingerprint density at radius 1 is 1.25 bits per heavy atom. The molecule has 2 heteroatoms. The van der Waals surface area contributed by atoms with Gasteiger partial charge in [0, 0.05) is 0 Å². The van der Waals surface area contributed by atoms with Gasteiger partial charge in [-0.15, -0.1) is 0 Å². The Morgan fingerprint density at radius 2 is 2.00 bits per heavy atom. The molecule has 2 nitrogen and oxygen atoms in total. The zero-order valence-electron chi connectivity index (χ0n) is 6.72. The number of nitrogens with zero attached hydrogens (tertiary/aromatic N) is 1. The van der Waals surface area contributed by atoms with Crippen LogP contribution in [-0.4, -0.2) is 11.4 Å². The third-order valence-electron chi connectivity index (χ3n) is 1.49. The molecule has 0 amide bonds. The summed E-state index contributed by atoms with van der Waals surface area (Å²) in [5.74, 6) is 0. The normalized spacial score (nSPS) is 11.3. The highest BCUT2D eigenvalue weighted by molar-refractivity contribution is 5.70. The summed E-state index contributed by atoms with van der Waals surface area (Å²) in [4.78, 5) is 0. The van der Waals surface area contributed by atoms with Crippen LogP contribution in [0.3, 0.4) is 0 Å². The van der Waals surface area contributed by atoms with Crippen LogP contribution < -0.4 is 0 Å². The fourth-order valence-electron chi connectivity index (χ4n) is 0.918. The summed E-state index contributed by atoms with van der Waals surface area (Å²) in [6, 6.07) is 10.1. The van der Waals surface area contributed by atoms with Gasteiger partial charge in [-0.2, -0.15) is 0 Å². The van der Waals surface area contributed by atoms with Crippen LogP contribution in [0.15, 0.2) is 47.6 Å². The fourth-order valence-corrected chi connectivity index (χ4v) is 0.918. The Morgan fingerprint density at radius 3 is 2.67 bits per heavy atom. The molecular weight excluding hydrogens is 150 g/mol. The van der Waals surface area contributed by atoms with E-state index in [4.69, 9.17) is 5.21 Å². The van der Waals surface area contributed by atoms with Crippen LogP contribution in [-0.2, 0) is 6.42 Å². The predicted molar refractivity (Wildman–Crippen MR) is 49.6 cm³/mol. The first-order valence-electron chi connectivity index (χ1n) is 3.80. The summed E-state index contributed by atoms with van der Waals surface area (Å²) in [7, 11) is 0. The standard InChI is InChI=1S/C10H11NO/c12-11-9-5-4-8-10-6-2-1-3-7-10/h1-7,9,12H,8H2. The summed E-state index contributed by atoms with van der Waals surface area (Å²) in [5.41, 5.74) is 1.25. The molecule has 1 aromatic carbocycles. The second kappa shape index (κ2) is 5.13. The number of hydrogen-bond acceptors (Lipinski definition) is 2. The minimum atomic E-state index is 0.868. The zero-order valence-corrected chi connectivity index (χ0v) is 6.72. The van der Waals surface area contributed by atoms with Gasteiger partial charge in [-0.25, -0.2) is 0 Å². The summed E-state index contributed by atoms with van der Waals surface area (Å²) < 4.78 is 0. The largest absolute Gasteiger partial charge is 0.411 e. The Hall–Kier alpha value is -1.57. The lowest BCUT2D eigenvalue weighted by atomic mass is 10.1. The van der Waals surface area contributed by atoms with E-state index in [0.717, 1.165) is 6.42 Å². The smallest absolute Gasteiger partial charge is 0.0658 e. The molecule has 62 valence electrons. The highest BCUT2D eigenvalue weighted by Crippen LogP contribution is 1.99. The molecule has 0 aliphatic rings. The average molecular weight is 161 g/mol. The first-order chi connectivity index (χ1) is 5.93. The van der Waals surface area contributed by atoms with Crippen molar-refractivity contribution in [3.8, 4) is 0 Å². The van der Waals surface area contributed by atoms with Crippen molar-refractivity contribution in [2.24, 2.45) is 5.16 Å². The molecular formula is C10H11NO. The van der Waals surface area contributed by atoms with E-state index >= 15 is 0 Å². The highest BCUT2D eigenvalue weighted by Gasteiger charge is 1.83. The lowest BCUT2D eigenvalue weighted by Gasteiger charge is -1.92. The van der Waals surface area contributed by atoms with Crippen molar-refractivity contribution in [3.05, 3.63) is 48.0 Å². The first kappa shape index (κ1) is 8.53. The molecule has 1 N–H and O–H groups in total. The van der Waals surface area contributed by atoms with Gasteiger partial charge in [-0.05, 0) is 18.1 Å². The minimum Gasteiger partial charge on any atom is -0.411 e. The van der Waals surface area contributed by atoms with Crippen molar-refractivity contribution in [2.45, 2.75) is 6.42 Å². The summed E-state index contributed by atoms with van der Waals surface area (Å²) >= 11 is 0. The van der Waals surface area contributed by atoms with E-state index in [1.807, 2.05) is 24.3 Å². The monoisotopic (exact) mass is 161 g/mol. The lowest BCUT2D eigenvalue weighted by Crippen LogP contribution is -1.78. The van der Waals surface area contributed by atoms with Gasteiger partial charge in [0.25, 0.3) is 0 Å². The van der Waals surface area contributed by atoms with Crippen LogP contribution >= 0.6 is 0 Å². The summed E-state index contributed by atoms with van der Waals surface area (Å²) in [6.07, 6.45) is 5.87. The second-order valence-corrected chi connectivity index (χ2v) is 2.38. The molecule has 0 spiro atoms. The van der Waals surface area contributed by atoms with Gasteiger partial charge in [0.2, 0.25) is 0 Å². The van der Waals surface area contributed by atoms with Crippen molar-refractivity contribution < 1.29 is 5.21 Å². The van der Waals surface area contributed by atoms with Crippen LogP contribution in [0.25, 0.3) is 0 Å². The summed E-state index contributed by atoms with van der Waals surface area (Å²) in [5, 5.41) is 10.9.